The molecule has 0 aromatic heterocycles. The van der Waals surface area contributed by atoms with Crippen LogP contribution in [0.25, 0.3) is 0 Å². The Morgan fingerprint density at radius 3 is 2.64 bits per heavy atom. The molecule has 0 saturated carbocycles. The Bertz CT molecular complexity index is 132. The van der Waals surface area contributed by atoms with Crippen molar-refractivity contribution in [3.8, 4) is 0 Å². The van der Waals surface area contributed by atoms with Crippen molar-refractivity contribution >= 4 is 33.9 Å². The van der Waals surface area contributed by atoms with Crippen LogP contribution >= 0.6 is 21.6 Å². The molecule has 0 unspecified atom stereocenters. The molecule has 2 amide bonds. The van der Waals surface area contributed by atoms with Gasteiger partial charge in [0.2, 0.25) is 12.3 Å². The number of hydrogen-bond donors (Lipinski definition) is 2. The summed E-state index contributed by atoms with van der Waals surface area (Å²) in [6, 6.07) is 0. The first kappa shape index (κ1) is 10.6. The van der Waals surface area contributed by atoms with E-state index in [-0.39, 0.29) is 5.91 Å². The van der Waals surface area contributed by atoms with Gasteiger partial charge in [-0.25, -0.2) is 0 Å². The van der Waals surface area contributed by atoms with E-state index < -0.39 is 0 Å². The molecule has 0 aromatic rings. The minimum absolute atomic E-state index is 0.0403. The average Bonchev–Trinajstić information content (AvgIpc) is 1.96. The second kappa shape index (κ2) is 7.74. The van der Waals surface area contributed by atoms with Gasteiger partial charge >= 0.3 is 0 Å². The first-order valence-corrected chi connectivity index (χ1v) is 5.42. The number of nitrogens with one attached hydrogen (secondary N) is 2. The predicted molar refractivity (Wildman–Crippen MR) is 47.9 cm³/mol. The maximum atomic E-state index is 10.3. The Hall–Kier alpha value is -0.360. The van der Waals surface area contributed by atoms with E-state index in [1.165, 1.54) is 28.5 Å². The minimum atomic E-state index is -0.0403. The zero-order chi connectivity index (χ0) is 8.53. The predicted octanol–water partition coefficient (Wildman–Crippen LogP) is 0.165. The van der Waals surface area contributed by atoms with Crippen LogP contribution in [0.5, 0.6) is 0 Å². The van der Waals surface area contributed by atoms with Crippen LogP contribution < -0.4 is 10.6 Å². The summed E-state index contributed by atoms with van der Waals surface area (Å²) in [4.78, 5) is 20.1. The average molecular weight is 194 g/mol. The zero-order valence-electron chi connectivity index (χ0n) is 6.12. The maximum absolute atomic E-state index is 10.3. The summed E-state index contributed by atoms with van der Waals surface area (Å²) < 4.78 is 0. The van der Waals surface area contributed by atoms with Crippen molar-refractivity contribution in [2.75, 3.05) is 11.8 Å². The van der Waals surface area contributed by atoms with Gasteiger partial charge in [-0.05, 0) is 0 Å². The first-order valence-electron chi connectivity index (χ1n) is 2.93. The highest BCUT2D eigenvalue weighted by atomic mass is 33.1. The fourth-order valence-corrected chi connectivity index (χ4v) is 1.73. The van der Waals surface area contributed by atoms with Gasteiger partial charge in [0.05, 0.1) is 11.8 Å². The SMILES string of the molecule is CC(=O)NCSSCNC=O. The topological polar surface area (TPSA) is 58.2 Å². The molecule has 6 heteroatoms. The van der Waals surface area contributed by atoms with Crippen LogP contribution in [0, 0.1) is 0 Å². The molecule has 0 atom stereocenters. The van der Waals surface area contributed by atoms with E-state index in [4.69, 9.17) is 0 Å². The molecule has 0 bridgehead atoms. The number of carbonyl (C=O) groups excluding carboxylic acids is 2. The summed E-state index contributed by atoms with van der Waals surface area (Å²) >= 11 is 0. The van der Waals surface area contributed by atoms with Gasteiger partial charge in [-0.1, -0.05) is 21.6 Å². The van der Waals surface area contributed by atoms with E-state index in [1.807, 2.05) is 0 Å². The van der Waals surface area contributed by atoms with Gasteiger partial charge in [0.1, 0.15) is 0 Å². The van der Waals surface area contributed by atoms with Crippen LogP contribution in [-0.2, 0) is 9.59 Å². The van der Waals surface area contributed by atoms with Gasteiger partial charge in [-0.15, -0.1) is 0 Å². The first-order chi connectivity index (χ1) is 5.27. The lowest BCUT2D eigenvalue weighted by molar-refractivity contribution is -0.118. The molecule has 0 aliphatic heterocycles. The lowest BCUT2D eigenvalue weighted by Gasteiger charge is -1.99. The smallest absolute Gasteiger partial charge is 0.217 e. The molecular weight excluding hydrogens is 184 g/mol. The second-order valence-electron chi connectivity index (χ2n) is 1.58. The van der Waals surface area contributed by atoms with Gasteiger partial charge in [0, 0.05) is 6.92 Å². The molecule has 0 aliphatic carbocycles. The highest BCUT2D eigenvalue weighted by Gasteiger charge is 1.90. The monoisotopic (exact) mass is 194 g/mol. The Labute approximate surface area is 73.3 Å². The molecular formula is C5H10N2O2S2. The van der Waals surface area contributed by atoms with Crippen molar-refractivity contribution in [1.82, 2.24) is 10.6 Å². The van der Waals surface area contributed by atoms with E-state index >= 15 is 0 Å². The van der Waals surface area contributed by atoms with Gasteiger partial charge < -0.3 is 10.6 Å². The van der Waals surface area contributed by atoms with Gasteiger partial charge in [-0.3, -0.25) is 9.59 Å². The second-order valence-corrected chi connectivity index (χ2v) is 4.04. The third-order valence-corrected chi connectivity index (χ3v) is 2.61. The molecule has 2 N–H and O–H groups in total. The Morgan fingerprint density at radius 1 is 1.45 bits per heavy atom. The third-order valence-electron chi connectivity index (χ3n) is 0.689. The summed E-state index contributed by atoms with van der Waals surface area (Å²) in [5.41, 5.74) is 0. The van der Waals surface area contributed by atoms with E-state index in [0.717, 1.165) is 0 Å². The maximum Gasteiger partial charge on any atom is 0.217 e. The van der Waals surface area contributed by atoms with Crippen molar-refractivity contribution in [3.05, 3.63) is 0 Å². The lowest BCUT2D eigenvalue weighted by atomic mass is 10.7. The van der Waals surface area contributed by atoms with Crippen LogP contribution in [0.1, 0.15) is 6.92 Å². The summed E-state index contributed by atoms with van der Waals surface area (Å²) in [5, 5.41) is 5.09. The fraction of sp³-hybridized carbons (Fsp3) is 0.600. The summed E-state index contributed by atoms with van der Waals surface area (Å²) in [5.74, 6) is 1.09. The summed E-state index contributed by atoms with van der Waals surface area (Å²) in [6.07, 6.45) is 0.645. The number of amides is 2. The third kappa shape index (κ3) is 9.64. The van der Waals surface area contributed by atoms with Crippen LogP contribution in [0.2, 0.25) is 0 Å². The van der Waals surface area contributed by atoms with Crippen molar-refractivity contribution in [1.29, 1.82) is 0 Å². The highest BCUT2D eigenvalue weighted by molar-refractivity contribution is 8.76. The molecule has 11 heavy (non-hydrogen) atoms. The van der Waals surface area contributed by atoms with E-state index in [1.54, 1.807) is 0 Å². The minimum Gasteiger partial charge on any atom is -0.349 e. The van der Waals surface area contributed by atoms with E-state index in [9.17, 15) is 9.59 Å². The molecule has 64 valence electrons. The van der Waals surface area contributed by atoms with Crippen LogP contribution in [-0.4, -0.2) is 24.1 Å². The lowest BCUT2D eigenvalue weighted by Crippen LogP contribution is -2.18. The summed E-state index contributed by atoms with van der Waals surface area (Å²) in [7, 11) is 2.96. The molecule has 0 fully saturated rings. The molecule has 0 saturated heterocycles. The molecule has 0 aromatic carbocycles. The van der Waals surface area contributed by atoms with Gasteiger partial charge in [-0.2, -0.15) is 0 Å². The fourth-order valence-electron chi connectivity index (χ4n) is 0.282. The number of carbonyl (C=O) groups is 2. The van der Waals surface area contributed by atoms with Crippen LogP contribution in [0.4, 0.5) is 0 Å². The molecule has 4 nitrogen and oxygen atoms in total. The number of hydrogen-bond acceptors (Lipinski definition) is 4. The van der Waals surface area contributed by atoms with E-state index in [2.05, 4.69) is 10.6 Å². The Balaban J connectivity index is 2.90. The Kier molecular flexibility index (Phi) is 7.49. The van der Waals surface area contributed by atoms with Crippen LogP contribution in [0.3, 0.4) is 0 Å². The van der Waals surface area contributed by atoms with Crippen molar-refractivity contribution in [2.24, 2.45) is 0 Å². The molecule has 0 radical (unpaired) electrons. The van der Waals surface area contributed by atoms with Crippen molar-refractivity contribution in [2.45, 2.75) is 6.92 Å². The van der Waals surface area contributed by atoms with Gasteiger partial charge in [0.25, 0.3) is 0 Å². The number of rotatable bonds is 6. The summed E-state index contributed by atoms with van der Waals surface area (Å²) in [6.45, 7) is 1.47. The molecule has 0 rings (SSSR count). The normalized spacial score (nSPS) is 8.82. The quantitative estimate of drug-likeness (QED) is 0.274. The van der Waals surface area contributed by atoms with E-state index in [0.29, 0.717) is 18.2 Å². The van der Waals surface area contributed by atoms with Crippen LogP contribution in [0.15, 0.2) is 0 Å². The molecule has 0 spiro atoms. The Morgan fingerprint density at radius 2 is 2.09 bits per heavy atom. The van der Waals surface area contributed by atoms with Crippen molar-refractivity contribution in [3.63, 3.8) is 0 Å². The largest absolute Gasteiger partial charge is 0.349 e. The molecule has 0 aliphatic rings. The molecule has 0 heterocycles. The highest BCUT2D eigenvalue weighted by Crippen LogP contribution is 2.17. The zero-order valence-corrected chi connectivity index (χ0v) is 7.76. The van der Waals surface area contributed by atoms with Crippen molar-refractivity contribution < 1.29 is 9.59 Å². The standard InChI is InChI=1S/C5H10N2O2S2/c1-5(9)7-4-11-10-3-6-2-8/h2H,3-4H2,1H3,(H,6,8)(H,7,9). The van der Waals surface area contributed by atoms with Gasteiger partial charge in [0.15, 0.2) is 0 Å².